The standard InChI is InChI=1S/C21H18ClN3O4/c1-12-3-2-4-13(9-12)11-24-16-6-5-14(22)10-15(16)18(19(24)20(27)28)25-17(26)7-8-23-21(25)29/h2-6,9-10H,7-8,11H2,1H3,(H,23,29)(H,27,28). The second-order valence-electron chi connectivity index (χ2n) is 6.95. The van der Waals surface area contributed by atoms with Crippen molar-refractivity contribution in [2.24, 2.45) is 0 Å². The summed E-state index contributed by atoms with van der Waals surface area (Å²) in [6.45, 7) is 2.45. The number of aromatic carboxylic acids is 1. The molecule has 0 spiro atoms. The summed E-state index contributed by atoms with van der Waals surface area (Å²) in [4.78, 5) is 38.2. The Morgan fingerprint density at radius 1 is 1.21 bits per heavy atom. The highest BCUT2D eigenvalue weighted by atomic mass is 35.5. The molecule has 0 radical (unpaired) electrons. The van der Waals surface area contributed by atoms with E-state index < -0.39 is 17.9 Å². The molecule has 2 heterocycles. The van der Waals surface area contributed by atoms with E-state index >= 15 is 0 Å². The molecular formula is C21H18ClN3O4. The summed E-state index contributed by atoms with van der Waals surface area (Å²) in [5, 5.41) is 13.5. The van der Waals surface area contributed by atoms with Crippen molar-refractivity contribution in [1.29, 1.82) is 0 Å². The molecule has 0 saturated carbocycles. The van der Waals surface area contributed by atoms with Gasteiger partial charge in [-0.05, 0) is 30.7 Å². The van der Waals surface area contributed by atoms with E-state index in [2.05, 4.69) is 5.32 Å². The van der Waals surface area contributed by atoms with E-state index in [1.165, 1.54) is 0 Å². The highest BCUT2D eigenvalue weighted by Gasteiger charge is 2.35. The number of anilines is 1. The van der Waals surface area contributed by atoms with Gasteiger partial charge in [0.05, 0.1) is 11.2 Å². The monoisotopic (exact) mass is 411 g/mol. The number of hydrogen-bond acceptors (Lipinski definition) is 3. The van der Waals surface area contributed by atoms with Gasteiger partial charge in [-0.3, -0.25) is 4.79 Å². The topological polar surface area (TPSA) is 91.6 Å². The Kier molecular flexibility index (Phi) is 4.76. The molecule has 4 rings (SSSR count). The molecule has 3 amide bonds. The van der Waals surface area contributed by atoms with E-state index in [1.54, 1.807) is 22.8 Å². The molecule has 1 fully saturated rings. The lowest BCUT2D eigenvalue weighted by Gasteiger charge is -2.26. The first-order valence-corrected chi connectivity index (χ1v) is 9.46. The maximum Gasteiger partial charge on any atom is 0.354 e. The van der Waals surface area contributed by atoms with Crippen LogP contribution in [0.15, 0.2) is 42.5 Å². The zero-order valence-electron chi connectivity index (χ0n) is 15.6. The van der Waals surface area contributed by atoms with E-state index in [1.807, 2.05) is 31.2 Å². The quantitative estimate of drug-likeness (QED) is 0.683. The summed E-state index contributed by atoms with van der Waals surface area (Å²) in [5.41, 5.74) is 2.44. The van der Waals surface area contributed by atoms with Gasteiger partial charge in [0.15, 0.2) is 5.69 Å². The van der Waals surface area contributed by atoms with E-state index in [4.69, 9.17) is 11.6 Å². The number of nitrogens with zero attached hydrogens (tertiary/aromatic N) is 2. The number of amides is 3. The predicted octanol–water partition coefficient (Wildman–Crippen LogP) is 3.80. The van der Waals surface area contributed by atoms with Crippen LogP contribution in [0.3, 0.4) is 0 Å². The first-order valence-electron chi connectivity index (χ1n) is 9.08. The molecule has 0 aliphatic carbocycles. The number of benzene rings is 2. The van der Waals surface area contributed by atoms with Crippen LogP contribution < -0.4 is 10.2 Å². The molecule has 1 aliphatic rings. The van der Waals surface area contributed by atoms with Gasteiger partial charge in [0.25, 0.3) is 0 Å². The number of urea groups is 1. The minimum Gasteiger partial charge on any atom is -0.477 e. The highest BCUT2D eigenvalue weighted by molar-refractivity contribution is 6.32. The van der Waals surface area contributed by atoms with Crippen LogP contribution in [-0.2, 0) is 11.3 Å². The number of carbonyl (C=O) groups is 3. The number of aryl methyl sites for hydroxylation is 1. The lowest BCUT2D eigenvalue weighted by molar-refractivity contribution is -0.118. The van der Waals surface area contributed by atoms with Gasteiger partial charge in [-0.2, -0.15) is 0 Å². The van der Waals surface area contributed by atoms with Gasteiger partial charge in [-0.1, -0.05) is 41.4 Å². The van der Waals surface area contributed by atoms with Crippen LogP contribution in [0.1, 0.15) is 28.0 Å². The van der Waals surface area contributed by atoms with Crippen molar-refractivity contribution in [2.45, 2.75) is 19.9 Å². The number of rotatable bonds is 4. The Labute approximate surface area is 171 Å². The Hall–Kier alpha value is -3.32. The number of carbonyl (C=O) groups excluding carboxylic acids is 2. The molecule has 1 aromatic heterocycles. The van der Waals surface area contributed by atoms with Gasteiger partial charge in [0.1, 0.15) is 0 Å². The second-order valence-corrected chi connectivity index (χ2v) is 7.39. The fraction of sp³-hybridized carbons (Fsp3) is 0.190. The van der Waals surface area contributed by atoms with Gasteiger partial charge < -0.3 is 15.0 Å². The van der Waals surface area contributed by atoms with E-state index in [9.17, 15) is 19.5 Å². The summed E-state index contributed by atoms with van der Waals surface area (Å²) < 4.78 is 1.60. The largest absolute Gasteiger partial charge is 0.477 e. The number of hydrogen-bond donors (Lipinski definition) is 2. The van der Waals surface area contributed by atoms with Crippen LogP contribution >= 0.6 is 11.6 Å². The van der Waals surface area contributed by atoms with Crippen molar-refractivity contribution < 1.29 is 19.5 Å². The number of imide groups is 1. The van der Waals surface area contributed by atoms with Crippen molar-refractivity contribution in [1.82, 2.24) is 9.88 Å². The number of carboxylic acid groups (broad SMARTS) is 1. The smallest absolute Gasteiger partial charge is 0.354 e. The Balaban J connectivity index is 2.01. The van der Waals surface area contributed by atoms with E-state index in [-0.39, 0.29) is 30.9 Å². The van der Waals surface area contributed by atoms with Crippen LogP contribution in [0.4, 0.5) is 10.5 Å². The lowest BCUT2D eigenvalue weighted by Crippen LogP contribution is -2.50. The fourth-order valence-corrected chi connectivity index (χ4v) is 3.89. The average molecular weight is 412 g/mol. The summed E-state index contributed by atoms with van der Waals surface area (Å²) >= 11 is 6.16. The number of carboxylic acids is 1. The van der Waals surface area contributed by atoms with Gasteiger partial charge in [-0.25, -0.2) is 14.5 Å². The molecule has 2 N–H and O–H groups in total. The van der Waals surface area contributed by atoms with Crippen LogP contribution in [0.5, 0.6) is 0 Å². The third kappa shape index (κ3) is 3.34. The zero-order valence-corrected chi connectivity index (χ0v) is 16.4. The lowest BCUT2D eigenvalue weighted by atomic mass is 10.1. The molecule has 2 aromatic carbocycles. The van der Waals surface area contributed by atoms with Gasteiger partial charge >= 0.3 is 12.0 Å². The summed E-state index contributed by atoms with van der Waals surface area (Å²) in [7, 11) is 0. The molecule has 0 atom stereocenters. The molecule has 1 aliphatic heterocycles. The van der Waals surface area contributed by atoms with Crippen molar-refractivity contribution >= 4 is 46.1 Å². The van der Waals surface area contributed by atoms with Crippen LogP contribution in [0, 0.1) is 6.92 Å². The minimum atomic E-state index is -1.23. The third-order valence-electron chi connectivity index (χ3n) is 4.92. The first-order chi connectivity index (χ1) is 13.9. The normalized spacial score (nSPS) is 14.3. The Morgan fingerprint density at radius 3 is 2.69 bits per heavy atom. The van der Waals surface area contributed by atoms with Crippen molar-refractivity contribution in [3.8, 4) is 0 Å². The predicted molar refractivity (Wildman–Crippen MR) is 110 cm³/mol. The molecular weight excluding hydrogens is 394 g/mol. The molecule has 8 heteroatoms. The van der Waals surface area contributed by atoms with Crippen LogP contribution in [-0.4, -0.2) is 34.1 Å². The van der Waals surface area contributed by atoms with Gasteiger partial charge in [-0.15, -0.1) is 0 Å². The highest BCUT2D eigenvalue weighted by Crippen LogP contribution is 2.37. The fourth-order valence-electron chi connectivity index (χ4n) is 3.72. The van der Waals surface area contributed by atoms with Crippen LogP contribution in [0.25, 0.3) is 10.9 Å². The van der Waals surface area contributed by atoms with Gasteiger partial charge in [0.2, 0.25) is 5.91 Å². The maximum absolute atomic E-state index is 12.6. The Morgan fingerprint density at radius 2 is 2.00 bits per heavy atom. The molecule has 29 heavy (non-hydrogen) atoms. The number of fused-ring (bicyclic) bond motifs is 1. The molecule has 148 valence electrons. The van der Waals surface area contributed by atoms with Crippen molar-refractivity contribution in [3.63, 3.8) is 0 Å². The molecule has 1 saturated heterocycles. The third-order valence-corrected chi connectivity index (χ3v) is 5.15. The second kappa shape index (κ2) is 7.25. The molecule has 0 unspecified atom stereocenters. The zero-order chi connectivity index (χ0) is 20.7. The summed E-state index contributed by atoms with van der Waals surface area (Å²) in [5.74, 6) is -1.68. The summed E-state index contributed by atoms with van der Waals surface area (Å²) in [6, 6.07) is 12.0. The molecule has 0 bridgehead atoms. The maximum atomic E-state index is 12.6. The van der Waals surface area contributed by atoms with E-state index in [0.717, 1.165) is 16.0 Å². The number of aromatic nitrogens is 1. The molecule has 3 aromatic rings. The number of halogens is 1. The first kappa shape index (κ1) is 19.0. The van der Waals surface area contributed by atoms with Crippen molar-refractivity contribution in [3.05, 3.63) is 64.3 Å². The van der Waals surface area contributed by atoms with Gasteiger partial charge in [0, 0.05) is 29.9 Å². The number of nitrogens with one attached hydrogen (secondary N) is 1. The van der Waals surface area contributed by atoms with Crippen molar-refractivity contribution in [2.75, 3.05) is 11.4 Å². The minimum absolute atomic E-state index is 0.0462. The summed E-state index contributed by atoms with van der Waals surface area (Å²) in [6.07, 6.45) is 0.0932. The molecule has 7 nitrogen and oxygen atoms in total. The SMILES string of the molecule is Cc1cccc(Cn2c(C(=O)O)c(N3C(=O)CCNC3=O)c3cc(Cl)ccc32)c1. The average Bonchev–Trinajstić information content (AvgIpc) is 2.95. The van der Waals surface area contributed by atoms with E-state index in [0.29, 0.717) is 15.9 Å². The van der Waals surface area contributed by atoms with Crippen LogP contribution in [0.2, 0.25) is 5.02 Å². The Bertz CT molecular complexity index is 1150.